The molecule has 0 amide bonds. The first-order chi connectivity index (χ1) is 6.88. The van der Waals surface area contributed by atoms with Crippen LogP contribution in [0.1, 0.15) is 39.0 Å². The van der Waals surface area contributed by atoms with Crippen molar-refractivity contribution < 1.29 is 4.74 Å². The molecule has 1 aliphatic heterocycles. The van der Waals surface area contributed by atoms with Crippen LogP contribution in [0.25, 0.3) is 0 Å². The van der Waals surface area contributed by atoms with Crippen molar-refractivity contribution in [3.8, 4) is 0 Å². The van der Waals surface area contributed by atoms with E-state index in [2.05, 4.69) is 18.3 Å². The number of hydrogen-bond acceptors (Lipinski definition) is 2. The third-order valence-electron chi connectivity index (χ3n) is 3.04. The first-order valence-electron chi connectivity index (χ1n) is 5.93. The molecular weight excluding hydrogens is 174 g/mol. The summed E-state index contributed by atoms with van der Waals surface area (Å²) >= 11 is 0. The predicted molar refractivity (Wildman–Crippen MR) is 58.4 cm³/mol. The van der Waals surface area contributed by atoms with Gasteiger partial charge in [0.15, 0.2) is 0 Å². The predicted octanol–water partition coefficient (Wildman–Crippen LogP) is 2.25. The molecule has 1 heterocycles. The van der Waals surface area contributed by atoms with E-state index in [-0.39, 0.29) is 0 Å². The molecule has 1 N–H and O–H groups in total. The minimum atomic E-state index is 0.408. The molecule has 0 spiro atoms. The van der Waals surface area contributed by atoms with Gasteiger partial charge in [-0.25, -0.2) is 0 Å². The number of ether oxygens (including phenoxy) is 1. The second-order valence-electron chi connectivity index (χ2n) is 4.39. The molecule has 2 rings (SSSR count). The minimum absolute atomic E-state index is 0.408. The van der Waals surface area contributed by atoms with E-state index in [1.165, 1.54) is 31.3 Å². The lowest BCUT2D eigenvalue weighted by atomic mass is 10.1. The molecule has 0 aromatic carbocycles. The van der Waals surface area contributed by atoms with Crippen molar-refractivity contribution >= 4 is 0 Å². The maximum absolute atomic E-state index is 5.60. The summed E-state index contributed by atoms with van der Waals surface area (Å²) in [5, 5.41) is 3.56. The molecule has 1 aliphatic carbocycles. The fourth-order valence-corrected chi connectivity index (χ4v) is 1.86. The van der Waals surface area contributed by atoms with E-state index < -0.39 is 0 Å². The van der Waals surface area contributed by atoms with Crippen molar-refractivity contribution in [1.82, 2.24) is 5.32 Å². The quantitative estimate of drug-likeness (QED) is 0.679. The lowest BCUT2D eigenvalue weighted by Gasteiger charge is -2.09. The highest BCUT2D eigenvalue weighted by atomic mass is 16.5. The average Bonchev–Trinajstić information content (AvgIpc) is 2.90. The lowest BCUT2D eigenvalue weighted by Crippen LogP contribution is -2.20. The molecule has 0 radical (unpaired) electrons. The van der Waals surface area contributed by atoms with Gasteiger partial charge < -0.3 is 10.1 Å². The van der Waals surface area contributed by atoms with Gasteiger partial charge in [0.25, 0.3) is 0 Å². The molecule has 1 unspecified atom stereocenters. The van der Waals surface area contributed by atoms with Crippen LogP contribution >= 0.6 is 0 Å². The second-order valence-corrected chi connectivity index (χ2v) is 4.39. The van der Waals surface area contributed by atoms with Gasteiger partial charge in [-0.05, 0) is 32.1 Å². The van der Waals surface area contributed by atoms with E-state index >= 15 is 0 Å². The normalized spacial score (nSPS) is 28.4. The zero-order valence-electron chi connectivity index (χ0n) is 9.09. The largest absolute Gasteiger partial charge is 0.374 e. The fraction of sp³-hybridized carbons (Fsp3) is 0.833. The molecule has 2 fully saturated rings. The van der Waals surface area contributed by atoms with Gasteiger partial charge in [0, 0.05) is 19.2 Å². The van der Waals surface area contributed by atoms with Gasteiger partial charge in [-0.15, -0.1) is 0 Å². The maximum Gasteiger partial charge on any atom is 0.0759 e. The Hall–Kier alpha value is -0.340. The van der Waals surface area contributed by atoms with Crippen LogP contribution in [0.15, 0.2) is 11.6 Å². The van der Waals surface area contributed by atoms with Gasteiger partial charge in [0.1, 0.15) is 0 Å². The molecule has 2 nitrogen and oxygen atoms in total. The van der Waals surface area contributed by atoms with Gasteiger partial charge in [-0.3, -0.25) is 0 Å². The molecule has 1 saturated carbocycles. The third-order valence-corrected chi connectivity index (χ3v) is 3.04. The van der Waals surface area contributed by atoms with Gasteiger partial charge in [0.05, 0.1) is 6.10 Å². The molecule has 0 aromatic heterocycles. The standard InChI is InChI=1S/C12H21NO/c1-2-10(9-13-11-5-6-11)8-12-4-3-7-14-12/h8,11-13H,2-7,9H2,1H3. The minimum Gasteiger partial charge on any atom is -0.374 e. The summed E-state index contributed by atoms with van der Waals surface area (Å²) in [6.45, 7) is 4.25. The Morgan fingerprint density at radius 1 is 1.43 bits per heavy atom. The lowest BCUT2D eigenvalue weighted by molar-refractivity contribution is 0.145. The summed E-state index contributed by atoms with van der Waals surface area (Å²) in [5.41, 5.74) is 1.52. The fourth-order valence-electron chi connectivity index (χ4n) is 1.86. The van der Waals surface area contributed by atoms with Gasteiger partial charge in [-0.1, -0.05) is 18.6 Å². The molecule has 14 heavy (non-hydrogen) atoms. The molecule has 1 saturated heterocycles. The Morgan fingerprint density at radius 2 is 2.29 bits per heavy atom. The van der Waals surface area contributed by atoms with Gasteiger partial charge in [0.2, 0.25) is 0 Å². The summed E-state index contributed by atoms with van der Waals surface area (Å²) in [6.07, 6.45) is 9.09. The maximum atomic E-state index is 5.60. The Kier molecular flexibility index (Phi) is 3.60. The van der Waals surface area contributed by atoms with E-state index in [0.29, 0.717) is 6.10 Å². The first kappa shape index (κ1) is 10.2. The summed E-state index contributed by atoms with van der Waals surface area (Å²) in [4.78, 5) is 0. The summed E-state index contributed by atoms with van der Waals surface area (Å²) in [5.74, 6) is 0. The van der Waals surface area contributed by atoms with Crippen LogP contribution in [0, 0.1) is 0 Å². The molecule has 0 bridgehead atoms. The number of nitrogens with one attached hydrogen (secondary N) is 1. The Bertz CT molecular complexity index is 202. The van der Waals surface area contributed by atoms with Gasteiger partial charge >= 0.3 is 0 Å². The van der Waals surface area contributed by atoms with Crippen LogP contribution in [-0.4, -0.2) is 25.3 Å². The van der Waals surface area contributed by atoms with Gasteiger partial charge in [-0.2, -0.15) is 0 Å². The van der Waals surface area contributed by atoms with Crippen molar-refractivity contribution in [2.75, 3.05) is 13.2 Å². The van der Waals surface area contributed by atoms with Crippen LogP contribution in [0.5, 0.6) is 0 Å². The van der Waals surface area contributed by atoms with Crippen molar-refractivity contribution in [1.29, 1.82) is 0 Å². The zero-order chi connectivity index (χ0) is 9.80. The van der Waals surface area contributed by atoms with Crippen LogP contribution in [0.2, 0.25) is 0 Å². The zero-order valence-corrected chi connectivity index (χ0v) is 9.09. The average molecular weight is 195 g/mol. The van der Waals surface area contributed by atoms with Crippen LogP contribution < -0.4 is 5.32 Å². The molecule has 1 atom stereocenters. The van der Waals surface area contributed by atoms with E-state index in [1.807, 2.05) is 0 Å². The monoisotopic (exact) mass is 195 g/mol. The highest BCUT2D eigenvalue weighted by molar-refractivity contribution is 5.08. The first-order valence-corrected chi connectivity index (χ1v) is 5.93. The van der Waals surface area contributed by atoms with Crippen molar-refractivity contribution in [2.24, 2.45) is 0 Å². The molecule has 2 aliphatic rings. The van der Waals surface area contributed by atoms with Crippen molar-refractivity contribution in [3.05, 3.63) is 11.6 Å². The Balaban J connectivity index is 1.76. The van der Waals surface area contributed by atoms with E-state index in [0.717, 1.165) is 25.6 Å². The third kappa shape index (κ3) is 3.10. The number of hydrogen-bond donors (Lipinski definition) is 1. The molecule has 80 valence electrons. The molecule has 2 heteroatoms. The van der Waals surface area contributed by atoms with E-state index in [1.54, 1.807) is 0 Å². The van der Waals surface area contributed by atoms with Crippen LogP contribution in [0.4, 0.5) is 0 Å². The number of rotatable bonds is 5. The van der Waals surface area contributed by atoms with E-state index in [4.69, 9.17) is 4.74 Å². The summed E-state index contributed by atoms with van der Waals surface area (Å²) < 4.78 is 5.60. The van der Waals surface area contributed by atoms with Crippen molar-refractivity contribution in [3.63, 3.8) is 0 Å². The Morgan fingerprint density at radius 3 is 2.86 bits per heavy atom. The SMILES string of the molecule is CCC(=CC1CCCO1)CNC1CC1. The highest BCUT2D eigenvalue weighted by Gasteiger charge is 2.20. The smallest absolute Gasteiger partial charge is 0.0759 e. The van der Waals surface area contributed by atoms with Crippen LogP contribution in [0.3, 0.4) is 0 Å². The molecular formula is C12H21NO. The topological polar surface area (TPSA) is 21.3 Å². The second kappa shape index (κ2) is 4.94. The Labute approximate surface area is 86.7 Å². The molecule has 0 aromatic rings. The van der Waals surface area contributed by atoms with E-state index in [9.17, 15) is 0 Å². The van der Waals surface area contributed by atoms with Crippen molar-refractivity contribution in [2.45, 2.75) is 51.2 Å². The summed E-state index contributed by atoms with van der Waals surface area (Å²) in [7, 11) is 0. The van der Waals surface area contributed by atoms with Crippen LogP contribution in [-0.2, 0) is 4.74 Å². The summed E-state index contributed by atoms with van der Waals surface area (Å²) in [6, 6.07) is 0.814. The highest BCUT2D eigenvalue weighted by Crippen LogP contribution is 2.20.